The van der Waals surface area contributed by atoms with Crippen LogP contribution in [0.4, 0.5) is 0 Å². The Labute approximate surface area is 107 Å². The molecule has 0 heterocycles. The van der Waals surface area contributed by atoms with Crippen molar-refractivity contribution in [2.45, 2.75) is 39.2 Å². The molecule has 1 saturated carbocycles. The molecule has 0 aromatic heterocycles. The molecule has 4 nitrogen and oxygen atoms in total. The standard InChI is InChI=1S/C12H21NO3S/c1-8(2)5-6-17-7-10(14)13-11(12(15)16)9-3-4-9/h8-9,11H,3-7H2,1-2H3,(H,13,14)(H,15,16). The van der Waals surface area contributed by atoms with Gasteiger partial charge in [0.2, 0.25) is 5.91 Å². The average Bonchev–Trinajstić information content (AvgIpc) is 3.04. The second-order valence-corrected chi connectivity index (χ2v) is 6.06. The third kappa shape index (κ3) is 5.96. The summed E-state index contributed by atoms with van der Waals surface area (Å²) in [4.78, 5) is 22.5. The van der Waals surface area contributed by atoms with E-state index in [1.807, 2.05) is 0 Å². The zero-order valence-corrected chi connectivity index (χ0v) is 11.3. The molecule has 1 aliphatic rings. The lowest BCUT2D eigenvalue weighted by Crippen LogP contribution is -2.43. The van der Waals surface area contributed by atoms with Gasteiger partial charge in [-0.3, -0.25) is 4.79 Å². The predicted molar refractivity (Wildman–Crippen MR) is 69.1 cm³/mol. The zero-order chi connectivity index (χ0) is 12.8. The Morgan fingerprint density at radius 3 is 2.53 bits per heavy atom. The second kappa shape index (κ2) is 6.89. The van der Waals surface area contributed by atoms with Gasteiger partial charge in [-0.15, -0.1) is 0 Å². The lowest BCUT2D eigenvalue weighted by molar-refractivity contribution is -0.142. The lowest BCUT2D eigenvalue weighted by atomic mass is 10.2. The van der Waals surface area contributed by atoms with Gasteiger partial charge in [0.25, 0.3) is 0 Å². The SMILES string of the molecule is CC(C)CCSCC(=O)NC(C(=O)O)C1CC1. The summed E-state index contributed by atoms with van der Waals surface area (Å²) in [5.41, 5.74) is 0. The van der Waals surface area contributed by atoms with Gasteiger partial charge in [-0.2, -0.15) is 11.8 Å². The second-order valence-electron chi connectivity index (χ2n) is 4.96. The number of rotatable bonds is 8. The first-order valence-corrected chi connectivity index (χ1v) is 7.26. The van der Waals surface area contributed by atoms with E-state index in [2.05, 4.69) is 19.2 Å². The molecule has 1 rings (SSSR count). The summed E-state index contributed by atoms with van der Waals surface area (Å²) in [6, 6.07) is -0.673. The van der Waals surface area contributed by atoms with Crippen LogP contribution in [0.3, 0.4) is 0 Å². The first kappa shape index (κ1) is 14.4. The van der Waals surface area contributed by atoms with Crippen LogP contribution < -0.4 is 5.32 Å². The number of carbonyl (C=O) groups excluding carboxylic acids is 1. The van der Waals surface area contributed by atoms with Crippen LogP contribution in [-0.2, 0) is 9.59 Å². The van der Waals surface area contributed by atoms with Gasteiger partial charge in [0.05, 0.1) is 5.75 Å². The van der Waals surface area contributed by atoms with Gasteiger partial charge in [-0.1, -0.05) is 13.8 Å². The van der Waals surface area contributed by atoms with Gasteiger partial charge in [0.1, 0.15) is 6.04 Å². The quantitative estimate of drug-likeness (QED) is 0.652. The zero-order valence-electron chi connectivity index (χ0n) is 10.4. The van der Waals surface area contributed by atoms with Crippen LogP contribution in [0.5, 0.6) is 0 Å². The highest BCUT2D eigenvalue weighted by Crippen LogP contribution is 2.32. The van der Waals surface area contributed by atoms with E-state index in [0.717, 1.165) is 25.0 Å². The summed E-state index contributed by atoms with van der Waals surface area (Å²) >= 11 is 1.57. The molecular formula is C12H21NO3S. The van der Waals surface area contributed by atoms with Crippen molar-refractivity contribution in [1.82, 2.24) is 5.32 Å². The Morgan fingerprint density at radius 1 is 1.41 bits per heavy atom. The van der Waals surface area contributed by atoms with Crippen LogP contribution in [0.1, 0.15) is 33.1 Å². The molecule has 5 heteroatoms. The van der Waals surface area contributed by atoms with E-state index in [1.54, 1.807) is 11.8 Å². The van der Waals surface area contributed by atoms with Gasteiger partial charge in [-0.05, 0) is 36.9 Å². The fourth-order valence-corrected chi connectivity index (χ4v) is 2.56. The molecule has 0 radical (unpaired) electrons. The van der Waals surface area contributed by atoms with Crippen LogP contribution >= 0.6 is 11.8 Å². The Bertz CT molecular complexity index is 277. The Kier molecular flexibility index (Phi) is 5.82. The normalized spacial score (nSPS) is 16.9. The van der Waals surface area contributed by atoms with E-state index in [1.165, 1.54) is 0 Å². The van der Waals surface area contributed by atoms with Crippen molar-refractivity contribution >= 4 is 23.6 Å². The molecule has 0 bridgehead atoms. The smallest absolute Gasteiger partial charge is 0.326 e. The molecule has 1 unspecified atom stereocenters. The molecule has 1 aliphatic carbocycles. The van der Waals surface area contributed by atoms with Crippen LogP contribution in [0, 0.1) is 11.8 Å². The Morgan fingerprint density at radius 2 is 2.06 bits per heavy atom. The fourth-order valence-electron chi connectivity index (χ4n) is 1.51. The first-order valence-electron chi connectivity index (χ1n) is 6.10. The molecule has 2 N–H and O–H groups in total. The minimum Gasteiger partial charge on any atom is -0.480 e. The molecule has 1 fully saturated rings. The topological polar surface area (TPSA) is 66.4 Å². The molecule has 17 heavy (non-hydrogen) atoms. The third-order valence-electron chi connectivity index (χ3n) is 2.75. The minimum atomic E-state index is -0.909. The minimum absolute atomic E-state index is 0.150. The van der Waals surface area contributed by atoms with Crippen molar-refractivity contribution in [3.05, 3.63) is 0 Å². The highest BCUT2D eigenvalue weighted by Gasteiger charge is 2.37. The number of hydrogen-bond acceptors (Lipinski definition) is 3. The van der Waals surface area contributed by atoms with E-state index >= 15 is 0 Å². The summed E-state index contributed by atoms with van der Waals surface area (Å²) in [5, 5.41) is 11.6. The number of carboxylic acid groups (broad SMARTS) is 1. The Hall–Kier alpha value is -0.710. The van der Waals surface area contributed by atoms with Gasteiger partial charge in [-0.25, -0.2) is 4.79 Å². The maximum absolute atomic E-state index is 11.5. The number of carboxylic acids is 1. The van der Waals surface area contributed by atoms with Crippen molar-refractivity contribution < 1.29 is 14.7 Å². The monoisotopic (exact) mass is 259 g/mol. The van der Waals surface area contributed by atoms with Crippen molar-refractivity contribution in [1.29, 1.82) is 0 Å². The highest BCUT2D eigenvalue weighted by atomic mass is 32.2. The number of nitrogens with one attached hydrogen (secondary N) is 1. The molecule has 0 aromatic carbocycles. The van der Waals surface area contributed by atoms with Crippen molar-refractivity contribution in [3.8, 4) is 0 Å². The highest BCUT2D eigenvalue weighted by molar-refractivity contribution is 7.99. The van der Waals surface area contributed by atoms with Gasteiger partial charge >= 0.3 is 5.97 Å². The third-order valence-corrected chi connectivity index (χ3v) is 3.74. The average molecular weight is 259 g/mol. The molecular weight excluding hydrogens is 238 g/mol. The van der Waals surface area contributed by atoms with Crippen molar-refractivity contribution in [2.24, 2.45) is 11.8 Å². The molecule has 0 aromatic rings. The van der Waals surface area contributed by atoms with Crippen LogP contribution in [0.15, 0.2) is 0 Å². The molecule has 0 spiro atoms. The lowest BCUT2D eigenvalue weighted by Gasteiger charge is -2.13. The van der Waals surface area contributed by atoms with E-state index in [-0.39, 0.29) is 11.8 Å². The summed E-state index contributed by atoms with van der Waals surface area (Å²) < 4.78 is 0. The maximum atomic E-state index is 11.5. The van der Waals surface area contributed by atoms with Crippen molar-refractivity contribution in [3.63, 3.8) is 0 Å². The summed E-state index contributed by atoms with van der Waals surface area (Å²) in [5.74, 6) is 1.04. The Balaban J connectivity index is 2.16. The van der Waals surface area contributed by atoms with E-state index in [9.17, 15) is 9.59 Å². The number of aliphatic carboxylic acids is 1. The van der Waals surface area contributed by atoms with Crippen LogP contribution in [0.25, 0.3) is 0 Å². The van der Waals surface area contributed by atoms with Crippen LogP contribution in [-0.4, -0.2) is 34.5 Å². The van der Waals surface area contributed by atoms with Crippen molar-refractivity contribution in [2.75, 3.05) is 11.5 Å². The fraction of sp³-hybridized carbons (Fsp3) is 0.833. The number of hydrogen-bond donors (Lipinski definition) is 2. The summed E-state index contributed by atoms with van der Waals surface area (Å²) in [6.45, 7) is 4.29. The van der Waals surface area contributed by atoms with E-state index in [0.29, 0.717) is 11.7 Å². The predicted octanol–water partition coefficient (Wildman–Crippen LogP) is 1.75. The largest absolute Gasteiger partial charge is 0.480 e. The van der Waals surface area contributed by atoms with Gasteiger partial charge in [0, 0.05) is 0 Å². The van der Waals surface area contributed by atoms with Crippen LogP contribution in [0.2, 0.25) is 0 Å². The number of carbonyl (C=O) groups is 2. The summed E-state index contributed by atoms with van der Waals surface area (Å²) in [6.07, 6.45) is 2.92. The molecule has 0 saturated heterocycles. The number of thioether (sulfide) groups is 1. The first-order chi connectivity index (χ1) is 8.00. The van der Waals surface area contributed by atoms with E-state index < -0.39 is 12.0 Å². The number of amides is 1. The molecule has 1 atom stereocenters. The molecule has 0 aliphatic heterocycles. The van der Waals surface area contributed by atoms with E-state index in [4.69, 9.17) is 5.11 Å². The van der Waals surface area contributed by atoms with Gasteiger partial charge < -0.3 is 10.4 Å². The maximum Gasteiger partial charge on any atom is 0.326 e. The van der Waals surface area contributed by atoms with Gasteiger partial charge in [0.15, 0.2) is 0 Å². The molecule has 98 valence electrons. The molecule has 1 amide bonds. The summed E-state index contributed by atoms with van der Waals surface area (Å²) in [7, 11) is 0.